The molecule has 3 unspecified atom stereocenters. The number of benzene rings is 1. The van der Waals surface area contributed by atoms with Crippen LogP contribution < -0.4 is 0 Å². The molecule has 4 nitrogen and oxygen atoms in total. The van der Waals surface area contributed by atoms with Gasteiger partial charge in [-0.05, 0) is 18.9 Å². The molecule has 0 aliphatic heterocycles. The van der Waals surface area contributed by atoms with Crippen LogP contribution in [0, 0.1) is 0 Å². The van der Waals surface area contributed by atoms with Crippen LogP contribution in [-0.2, 0) is 25.0 Å². The molecule has 0 heterocycles. The highest BCUT2D eigenvalue weighted by Gasteiger charge is 2.17. The Labute approximate surface area is 111 Å². The summed E-state index contributed by atoms with van der Waals surface area (Å²) in [7, 11) is -2.98. The summed E-state index contributed by atoms with van der Waals surface area (Å²) in [5, 5.41) is 0. The van der Waals surface area contributed by atoms with Gasteiger partial charge >= 0.3 is 5.97 Å². The molecule has 1 aromatic rings. The van der Waals surface area contributed by atoms with Gasteiger partial charge in [-0.2, -0.15) is 0 Å². The highest BCUT2D eigenvalue weighted by atomic mass is 31.2. The molecule has 0 aliphatic rings. The average molecular weight is 272 g/mol. The fourth-order valence-electron chi connectivity index (χ4n) is 1.27. The van der Waals surface area contributed by atoms with E-state index in [1.54, 1.807) is 37.3 Å². The smallest absolute Gasteiger partial charge is 0.306 e. The summed E-state index contributed by atoms with van der Waals surface area (Å²) < 4.78 is 37.2. The van der Waals surface area contributed by atoms with Crippen LogP contribution in [0.3, 0.4) is 0 Å². The van der Waals surface area contributed by atoms with E-state index < -0.39 is 26.1 Å². The third-order valence-corrected chi connectivity index (χ3v) is 3.46. The zero-order valence-corrected chi connectivity index (χ0v) is 11.4. The molecular formula is C13H19O4P. The van der Waals surface area contributed by atoms with E-state index in [0.29, 0.717) is 5.56 Å². The maximum Gasteiger partial charge on any atom is 0.306 e. The first-order valence-electron chi connectivity index (χ1n) is 6.80. The Balaban J connectivity index is 2.57. The van der Waals surface area contributed by atoms with Crippen molar-refractivity contribution in [2.45, 2.75) is 19.7 Å². The van der Waals surface area contributed by atoms with Gasteiger partial charge in [-0.3, -0.25) is 9.36 Å². The van der Waals surface area contributed by atoms with Gasteiger partial charge in [-0.1, -0.05) is 30.3 Å². The summed E-state index contributed by atoms with van der Waals surface area (Å²) in [5.74, 6) is -0.865. The van der Waals surface area contributed by atoms with Gasteiger partial charge in [0.2, 0.25) is 7.37 Å². The normalized spacial score (nSPS) is 19.0. The van der Waals surface area contributed by atoms with Crippen molar-refractivity contribution in [2.75, 3.05) is 19.6 Å². The van der Waals surface area contributed by atoms with Gasteiger partial charge in [-0.15, -0.1) is 0 Å². The van der Waals surface area contributed by atoms with Gasteiger partial charge in [0.1, 0.15) is 0 Å². The van der Waals surface area contributed by atoms with Crippen LogP contribution in [0.5, 0.6) is 0 Å². The van der Waals surface area contributed by atoms with Gasteiger partial charge in [0.15, 0.2) is 6.35 Å². The van der Waals surface area contributed by atoms with Crippen LogP contribution in [0.4, 0.5) is 0 Å². The summed E-state index contributed by atoms with van der Waals surface area (Å²) in [5.41, 5.74) is 0.564. The molecule has 0 aromatic heterocycles. The second-order valence-corrected chi connectivity index (χ2v) is 6.31. The highest BCUT2D eigenvalue weighted by Crippen LogP contribution is 2.42. The Morgan fingerprint density at radius 2 is 2.06 bits per heavy atom. The minimum atomic E-state index is -2.98. The molecule has 0 spiro atoms. The topological polar surface area (TPSA) is 52.6 Å². The van der Waals surface area contributed by atoms with Crippen LogP contribution >= 0.6 is 7.37 Å². The van der Waals surface area contributed by atoms with E-state index in [1.165, 1.54) is 6.66 Å². The molecule has 0 radical (unpaired) electrons. The standard InChI is InChI=1S/C13H19O4P/c1-3-17-18(2,15)11-16-13(14)10-9-12-7-5-4-6-8-12/h4-8H,3,9-11H2,1-2H3/i9D,10D. The van der Waals surface area contributed by atoms with Crippen LogP contribution in [0.2, 0.25) is 0 Å². The number of hydrogen-bond acceptors (Lipinski definition) is 4. The fourth-order valence-corrected chi connectivity index (χ4v) is 2.25. The fraction of sp³-hybridized carbons (Fsp3) is 0.462. The predicted molar refractivity (Wildman–Crippen MR) is 70.9 cm³/mol. The first-order chi connectivity index (χ1) is 9.37. The van der Waals surface area contributed by atoms with Crippen LogP contribution in [0.1, 0.15) is 21.6 Å². The molecule has 0 saturated heterocycles. The van der Waals surface area contributed by atoms with E-state index in [1.807, 2.05) is 0 Å². The monoisotopic (exact) mass is 272 g/mol. The Bertz CT molecular complexity index is 481. The Morgan fingerprint density at radius 1 is 1.39 bits per heavy atom. The Hall–Kier alpha value is -1.12. The predicted octanol–water partition coefficient (Wildman–Crippen LogP) is 3.06. The van der Waals surface area contributed by atoms with Crippen molar-refractivity contribution < 1.29 is 21.4 Å². The van der Waals surface area contributed by atoms with Gasteiger partial charge in [0.25, 0.3) is 0 Å². The van der Waals surface area contributed by atoms with Crippen LogP contribution in [-0.4, -0.2) is 25.6 Å². The lowest BCUT2D eigenvalue weighted by Crippen LogP contribution is -2.08. The SMILES string of the molecule is [2H]C(C(=O)OCP(C)(=O)OCC)C([2H])c1ccccc1. The maximum absolute atomic E-state index is 11.8. The van der Waals surface area contributed by atoms with E-state index in [2.05, 4.69) is 0 Å². The lowest BCUT2D eigenvalue weighted by Gasteiger charge is -2.12. The van der Waals surface area contributed by atoms with Gasteiger partial charge < -0.3 is 9.26 Å². The van der Waals surface area contributed by atoms with Gasteiger partial charge in [0, 0.05) is 15.8 Å². The Kier molecular flexibility index (Phi) is 4.87. The molecule has 0 aliphatic carbocycles. The largest absolute Gasteiger partial charge is 0.455 e. The molecular weight excluding hydrogens is 251 g/mol. The molecule has 0 bridgehead atoms. The molecule has 0 fully saturated rings. The zero-order valence-electron chi connectivity index (χ0n) is 12.5. The molecule has 1 rings (SSSR count). The number of ether oxygens (including phenoxy) is 1. The van der Waals surface area contributed by atoms with E-state index in [-0.39, 0.29) is 13.0 Å². The molecule has 0 amide bonds. The lowest BCUT2D eigenvalue weighted by molar-refractivity contribution is -0.141. The van der Waals surface area contributed by atoms with Crippen LogP contribution in [0.25, 0.3) is 0 Å². The number of carbonyl (C=O) groups excluding carboxylic acids is 1. The quantitative estimate of drug-likeness (QED) is 0.565. The van der Waals surface area contributed by atoms with Gasteiger partial charge in [-0.25, -0.2) is 0 Å². The zero-order chi connectivity index (χ0) is 15.2. The number of aryl methyl sites for hydroxylation is 1. The van der Waals surface area contributed by atoms with Crippen molar-refractivity contribution in [2.24, 2.45) is 0 Å². The second-order valence-electron chi connectivity index (χ2n) is 3.77. The van der Waals surface area contributed by atoms with Crippen LogP contribution in [0.15, 0.2) is 30.3 Å². The van der Waals surface area contributed by atoms with Crippen molar-refractivity contribution in [1.29, 1.82) is 0 Å². The second kappa shape index (κ2) is 7.34. The molecule has 100 valence electrons. The van der Waals surface area contributed by atoms with E-state index in [0.717, 1.165) is 0 Å². The summed E-state index contributed by atoms with van der Waals surface area (Å²) in [4.78, 5) is 11.7. The highest BCUT2D eigenvalue weighted by molar-refractivity contribution is 7.57. The lowest BCUT2D eigenvalue weighted by atomic mass is 10.1. The third kappa shape index (κ3) is 5.99. The minimum absolute atomic E-state index is 0.265. The van der Waals surface area contributed by atoms with Crippen molar-refractivity contribution in [3.8, 4) is 0 Å². The van der Waals surface area contributed by atoms with E-state index >= 15 is 0 Å². The minimum Gasteiger partial charge on any atom is -0.455 e. The average Bonchev–Trinajstić information content (AvgIpc) is 2.44. The summed E-state index contributed by atoms with van der Waals surface area (Å²) >= 11 is 0. The summed E-state index contributed by atoms with van der Waals surface area (Å²) in [6.45, 7) is 3.33. The molecule has 18 heavy (non-hydrogen) atoms. The van der Waals surface area contributed by atoms with Crippen molar-refractivity contribution in [1.82, 2.24) is 0 Å². The first kappa shape index (κ1) is 11.9. The molecule has 3 atom stereocenters. The first-order valence-corrected chi connectivity index (χ1v) is 7.90. The summed E-state index contributed by atoms with van der Waals surface area (Å²) in [6.07, 6.45) is -2.78. The van der Waals surface area contributed by atoms with Crippen molar-refractivity contribution in [3.63, 3.8) is 0 Å². The third-order valence-electron chi connectivity index (χ3n) is 2.05. The van der Waals surface area contributed by atoms with E-state index in [4.69, 9.17) is 12.0 Å². The number of rotatable bonds is 7. The van der Waals surface area contributed by atoms with Crippen molar-refractivity contribution in [3.05, 3.63) is 35.9 Å². The molecule has 1 aromatic carbocycles. The molecule has 0 saturated carbocycles. The van der Waals surface area contributed by atoms with E-state index in [9.17, 15) is 9.36 Å². The maximum atomic E-state index is 11.8. The number of carbonyl (C=O) groups is 1. The van der Waals surface area contributed by atoms with Crippen molar-refractivity contribution >= 4 is 13.3 Å². The number of esters is 1. The molecule has 5 heteroatoms. The Morgan fingerprint density at radius 3 is 2.67 bits per heavy atom. The molecule has 0 N–H and O–H groups in total. The number of hydrogen-bond donors (Lipinski definition) is 0. The van der Waals surface area contributed by atoms with Gasteiger partial charge in [0.05, 0.1) is 6.61 Å². The summed E-state index contributed by atoms with van der Waals surface area (Å²) in [6, 6.07) is 8.63.